The first-order valence-electron chi connectivity index (χ1n) is 7.76. The van der Waals surface area contributed by atoms with Gasteiger partial charge < -0.3 is 19.4 Å². The number of methoxy groups -OCH3 is 1. The summed E-state index contributed by atoms with van der Waals surface area (Å²) in [5.74, 6) is 0.198. The van der Waals surface area contributed by atoms with Crippen LogP contribution in [0, 0.1) is 0 Å². The zero-order chi connectivity index (χ0) is 16.7. The van der Waals surface area contributed by atoms with Crippen LogP contribution < -0.4 is 9.64 Å². The molecule has 24 heavy (non-hydrogen) atoms. The Kier molecular flexibility index (Phi) is 3.37. The van der Waals surface area contributed by atoms with Crippen molar-refractivity contribution in [3.63, 3.8) is 0 Å². The highest BCUT2D eigenvalue weighted by molar-refractivity contribution is 5.98. The van der Waals surface area contributed by atoms with Crippen molar-refractivity contribution >= 4 is 28.4 Å². The maximum Gasteiger partial charge on any atom is 0.339 e. The van der Waals surface area contributed by atoms with E-state index in [0.29, 0.717) is 18.1 Å². The van der Waals surface area contributed by atoms with Gasteiger partial charge >= 0.3 is 5.97 Å². The number of nitrogens with zero attached hydrogens (tertiary/aromatic N) is 2. The third-order valence-electron chi connectivity index (χ3n) is 4.21. The molecule has 6 heteroatoms. The molecule has 1 atom stereocenters. The van der Waals surface area contributed by atoms with E-state index < -0.39 is 0 Å². The van der Waals surface area contributed by atoms with E-state index in [0.717, 1.165) is 22.4 Å². The molecule has 0 aliphatic carbocycles. The number of hydrogen-bond donors (Lipinski definition) is 1. The Morgan fingerprint density at radius 1 is 1.33 bits per heavy atom. The van der Waals surface area contributed by atoms with Gasteiger partial charge in [-0.1, -0.05) is 12.1 Å². The van der Waals surface area contributed by atoms with Gasteiger partial charge in [-0.15, -0.1) is 0 Å². The van der Waals surface area contributed by atoms with Gasteiger partial charge in [0.2, 0.25) is 5.88 Å². The summed E-state index contributed by atoms with van der Waals surface area (Å²) in [6, 6.07) is 11.5. The van der Waals surface area contributed by atoms with Crippen LogP contribution >= 0.6 is 0 Å². The van der Waals surface area contributed by atoms with Gasteiger partial charge in [-0.2, -0.15) is 4.98 Å². The Morgan fingerprint density at radius 2 is 2.17 bits per heavy atom. The van der Waals surface area contributed by atoms with Gasteiger partial charge in [0.05, 0.1) is 24.4 Å². The van der Waals surface area contributed by atoms with E-state index in [4.69, 9.17) is 9.47 Å². The quantitative estimate of drug-likeness (QED) is 0.733. The van der Waals surface area contributed by atoms with E-state index in [1.165, 1.54) is 7.11 Å². The lowest BCUT2D eigenvalue weighted by molar-refractivity contribution is 0.0601. The highest BCUT2D eigenvalue weighted by Gasteiger charge is 2.30. The first kappa shape index (κ1) is 14.6. The molecular formula is C18H17N3O3. The number of hydrogen-bond acceptors (Lipinski definition) is 5. The van der Waals surface area contributed by atoms with E-state index in [9.17, 15) is 4.79 Å². The first-order valence-corrected chi connectivity index (χ1v) is 7.76. The highest BCUT2D eigenvalue weighted by Crippen LogP contribution is 2.40. The number of carbonyl (C=O) groups is 1. The SMILES string of the molecule is COC(=O)c1ccccc1N1c2cc3cc[nH]c3nc2OCC1C. The number of benzene rings is 1. The van der Waals surface area contributed by atoms with Crippen LogP contribution in [0.15, 0.2) is 42.6 Å². The first-order chi connectivity index (χ1) is 11.7. The standard InChI is InChI=1S/C18H17N3O3/c1-11-10-24-17-15(9-12-7-8-19-16(12)20-17)21(11)14-6-4-3-5-13(14)18(22)23-2/h3-9,11H,10H2,1-2H3,(H,19,20). The van der Waals surface area contributed by atoms with Gasteiger partial charge in [0.25, 0.3) is 0 Å². The van der Waals surface area contributed by atoms with Crippen LogP contribution in [-0.4, -0.2) is 35.7 Å². The summed E-state index contributed by atoms with van der Waals surface area (Å²) in [6.45, 7) is 2.54. The average molecular weight is 323 g/mol. The molecule has 3 heterocycles. The van der Waals surface area contributed by atoms with Crippen molar-refractivity contribution in [3.8, 4) is 5.88 Å². The van der Waals surface area contributed by atoms with Crippen LogP contribution in [0.4, 0.5) is 11.4 Å². The van der Waals surface area contributed by atoms with Crippen molar-refractivity contribution in [1.29, 1.82) is 0 Å². The smallest absolute Gasteiger partial charge is 0.339 e. The van der Waals surface area contributed by atoms with Crippen molar-refractivity contribution in [2.45, 2.75) is 13.0 Å². The van der Waals surface area contributed by atoms with Crippen LogP contribution in [0.1, 0.15) is 17.3 Å². The van der Waals surface area contributed by atoms with Gasteiger partial charge in [0.15, 0.2) is 0 Å². The molecular weight excluding hydrogens is 306 g/mol. The minimum Gasteiger partial charge on any atom is -0.474 e. The number of para-hydroxylation sites is 1. The van der Waals surface area contributed by atoms with Crippen molar-refractivity contribution in [2.75, 3.05) is 18.6 Å². The molecule has 0 spiro atoms. The fourth-order valence-corrected chi connectivity index (χ4v) is 3.08. The van der Waals surface area contributed by atoms with Crippen LogP contribution in [0.25, 0.3) is 11.0 Å². The molecule has 1 unspecified atom stereocenters. The van der Waals surface area contributed by atoms with Crippen LogP contribution in [0.2, 0.25) is 0 Å². The Balaban J connectivity index is 1.92. The lowest BCUT2D eigenvalue weighted by Crippen LogP contribution is -2.38. The fourth-order valence-electron chi connectivity index (χ4n) is 3.08. The molecule has 4 rings (SSSR count). The molecule has 0 saturated heterocycles. The van der Waals surface area contributed by atoms with Crippen LogP contribution in [0.5, 0.6) is 5.88 Å². The number of H-pyrrole nitrogens is 1. The summed E-state index contributed by atoms with van der Waals surface area (Å²) in [4.78, 5) is 21.9. The molecule has 0 amide bonds. The minimum absolute atomic E-state index is 0.0569. The van der Waals surface area contributed by atoms with E-state index in [1.54, 1.807) is 6.07 Å². The van der Waals surface area contributed by atoms with Crippen LogP contribution in [0.3, 0.4) is 0 Å². The Hall–Kier alpha value is -3.02. The predicted octanol–water partition coefficient (Wildman–Crippen LogP) is 3.27. The van der Waals surface area contributed by atoms with Crippen LogP contribution in [-0.2, 0) is 4.74 Å². The predicted molar refractivity (Wildman–Crippen MR) is 91.0 cm³/mol. The molecule has 2 aromatic heterocycles. The van der Waals surface area contributed by atoms with E-state index in [-0.39, 0.29) is 12.0 Å². The van der Waals surface area contributed by atoms with E-state index >= 15 is 0 Å². The van der Waals surface area contributed by atoms with Crippen molar-refractivity contribution in [3.05, 3.63) is 48.2 Å². The third-order valence-corrected chi connectivity index (χ3v) is 4.21. The third kappa shape index (κ3) is 2.19. The summed E-state index contributed by atoms with van der Waals surface area (Å²) in [7, 11) is 1.39. The zero-order valence-corrected chi connectivity index (χ0v) is 13.4. The molecule has 1 N–H and O–H groups in total. The molecule has 122 valence electrons. The number of ether oxygens (including phenoxy) is 2. The maximum atomic E-state index is 12.2. The number of fused-ring (bicyclic) bond motifs is 2. The maximum absolute atomic E-state index is 12.2. The number of rotatable bonds is 2. The Labute approximate surface area is 139 Å². The second-order valence-corrected chi connectivity index (χ2v) is 5.77. The number of anilines is 2. The topological polar surface area (TPSA) is 67.5 Å². The summed E-state index contributed by atoms with van der Waals surface area (Å²) < 4.78 is 10.7. The monoisotopic (exact) mass is 323 g/mol. The molecule has 6 nitrogen and oxygen atoms in total. The fraction of sp³-hybridized carbons (Fsp3) is 0.222. The lowest BCUT2D eigenvalue weighted by Gasteiger charge is -2.36. The van der Waals surface area contributed by atoms with Gasteiger partial charge in [-0.3, -0.25) is 0 Å². The van der Waals surface area contributed by atoms with E-state index in [1.807, 2.05) is 36.5 Å². The van der Waals surface area contributed by atoms with Crippen molar-refractivity contribution in [1.82, 2.24) is 9.97 Å². The normalized spacial score (nSPS) is 16.6. The zero-order valence-electron chi connectivity index (χ0n) is 13.4. The minimum atomic E-state index is -0.360. The van der Waals surface area contributed by atoms with Gasteiger partial charge in [-0.25, -0.2) is 4.79 Å². The molecule has 0 bridgehead atoms. The van der Waals surface area contributed by atoms with Crippen molar-refractivity contribution < 1.29 is 14.3 Å². The molecule has 1 aromatic carbocycles. The number of esters is 1. The summed E-state index contributed by atoms with van der Waals surface area (Å²) >= 11 is 0. The second kappa shape index (κ2) is 5.56. The molecule has 0 saturated carbocycles. The number of carbonyl (C=O) groups excluding carboxylic acids is 1. The highest BCUT2D eigenvalue weighted by atomic mass is 16.5. The lowest BCUT2D eigenvalue weighted by atomic mass is 10.1. The van der Waals surface area contributed by atoms with Gasteiger partial charge in [0.1, 0.15) is 17.9 Å². The molecule has 3 aromatic rings. The molecule has 1 aliphatic heterocycles. The number of pyridine rings is 1. The van der Waals surface area contributed by atoms with Crippen molar-refractivity contribution in [2.24, 2.45) is 0 Å². The molecule has 1 aliphatic rings. The Morgan fingerprint density at radius 3 is 3.00 bits per heavy atom. The number of aromatic amines is 1. The summed E-state index contributed by atoms with van der Waals surface area (Å²) in [5.41, 5.74) is 2.94. The van der Waals surface area contributed by atoms with E-state index in [2.05, 4.69) is 21.8 Å². The second-order valence-electron chi connectivity index (χ2n) is 5.77. The number of nitrogens with one attached hydrogen (secondary N) is 1. The summed E-state index contributed by atoms with van der Waals surface area (Å²) in [6.07, 6.45) is 1.85. The average Bonchev–Trinajstić information content (AvgIpc) is 3.06. The Bertz CT molecular complexity index is 919. The van der Waals surface area contributed by atoms with Gasteiger partial charge in [0, 0.05) is 11.6 Å². The largest absolute Gasteiger partial charge is 0.474 e. The number of aromatic nitrogens is 2. The van der Waals surface area contributed by atoms with Gasteiger partial charge in [-0.05, 0) is 31.2 Å². The molecule has 0 fully saturated rings. The summed E-state index contributed by atoms with van der Waals surface area (Å²) in [5, 5.41) is 0.993. The molecule has 0 radical (unpaired) electrons.